The molecular formula is C10H21O4P. The van der Waals surface area contributed by atoms with Crippen LogP contribution in [0.15, 0.2) is 12.4 Å². The minimum Gasteiger partial charge on any atom is -0.376 e. The second kappa shape index (κ2) is 7.18. The van der Waals surface area contributed by atoms with Gasteiger partial charge in [-0.25, -0.2) is 0 Å². The number of ether oxygens (including phenoxy) is 1. The van der Waals surface area contributed by atoms with Crippen molar-refractivity contribution >= 4 is 7.60 Å². The molecule has 5 heteroatoms. The van der Waals surface area contributed by atoms with Crippen molar-refractivity contribution in [2.45, 2.75) is 26.9 Å². The van der Waals surface area contributed by atoms with E-state index < -0.39 is 7.60 Å². The van der Waals surface area contributed by atoms with Crippen LogP contribution in [0.3, 0.4) is 0 Å². The molecule has 4 nitrogen and oxygen atoms in total. The van der Waals surface area contributed by atoms with E-state index in [2.05, 4.69) is 20.4 Å². The quantitative estimate of drug-likeness (QED) is 0.607. The summed E-state index contributed by atoms with van der Waals surface area (Å²) in [6, 6.07) is 0. The van der Waals surface area contributed by atoms with E-state index in [0.717, 1.165) is 0 Å². The van der Waals surface area contributed by atoms with Crippen LogP contribution in [0.25, 0.3) is 0 Å². The number of rotatable bonds is 8. The third-order valence-corrected chi connectivity index (χ3v) is 3.15. The van der Waals surface area contributed by atoms with E-state index in [9.17, 15) is 4.57 Å². The van der Waals surface area contributed by atoms with Crippen LogP contribution in [0, 0.1) is 5.92 Å². The van der Waals surface area contributed by atoms with Crippen molar-refractivity contribution in [3.05, 3.63) is 12.4 Å². The van der Waals surface area contributed by atoms with Gasteiger partial charge in [-0.3, -0.25) is 4.57 Å². The molecule has 0 bridgehead atoms. The molecule has 2 atom stereocenters. The minimum absolute atomic E-state index is 0.101. The summed E-state index contributed by atoms with van der Waals surface area (Å²) < 4.78 is 26.9. The molecule has 0 aromatic rings. The van der Waals surface area contributed by atoms with Crippen LogP contribution in [0.1, 0.15) is 20.8 Å². The molecule has 0 saturated heterocycles. The molecule has 0 saturated carbocycles. The van der Waals surface area contributed by atoms with Crippen molar-refractivity contribution in [1.82, 2.24) is 0 Å². The highest BCUT2D eigenvalue weighted by molar-refractivity contribution is 7.57. The Morgan fingerprint density at radius 2 is 1.93 bits per heavy atom. The molecule has 0 amide bonds. The lowest BCUT2D eigenvalue weighted by Gasteiger charge is -2.17. The summed E-state index contributed by atoms with van der Waals surface area (Å²) in [5.41, 5.74) is 0. The predicted molar refractivity (Wildman–Crippen MR) is 61.0 cm³/mol. The Kier molecular flexibility index (Phi) is 7.11. The lowest BCUT2D eigenvalue weighted by molar-refractivity contribution is 0.0155. The van der Waals surface area contributed by atoms with Crippen LogP contribution >= 0.6 is 7.60 Å². The van der Waals surface area contributed by atoms with Crippen molar-refractivity contribution in [3.8, 4) is 0 Å². The monoisotopic (exact) mass is 236 g/mol. The first-order chi connectivity index (χ1) is 6.93. The summed E-state index contributed by atoms with van der Waals surface area (Å²) in [6.45, 7) is 10.3. The molecule has 1 unspecified atom stereocenters. The first kappa shape index (κ1) is 14.8. The highest BCUT2D eigenvalue weighted by Crippen LogP contribution is 2.48. The highest BCUT2D eigenvalue weighted by Gasteiger charge is 2.19. The van der Waals surface area contributed by atoms with E-state index >= 15 is 0 Å². The zero-order valence-electron chi connectivity index (χ0n) is 9.93. The fourth-order valence-corrected chi connectivity index (χ4v) is 1.57. The topological polar surface area (TPSA) is 44.8 Å². The van der Waals surface area contributed by atoms with E-state index in [4.69, 9.17) is 13.8 Å². The fraction of sp³-hybridized carbons (Fsp3) is 0.800. The third-order valence-electron chi connectivity index (χ3n) is 1.68. The molecule has 0 fully saturated rings. The summed E-state index contributed by atoms with van der Waals surface area (Å²) in [4.78, 5) is 0. The molecule has 0 aliphatic carbocycles. The van der Waals surface area contributed by atoms with Gasteiger partial charge in [0.2, 0.25) is 0 Å². The number of hydrogen-bond acceptors (Lipinski definition) is 4. The zero-order valence-corrected chi connectivity index (χ0v) is 10.8. The van der Waals surface area contributed by atoms with Crippen molar-refractivity contribution in [1.29, 1.82) is 0 Å². The van der Waals surface area contributed by atoms with Gasteiger partial charge in [0.25, 0.3) is 0 Å². The largest absolute Gasteiger partial charge is 0.376 e. The summed E-state index contributed by atoms with van der Waals surface area (Å²) in [5.74, 6) is 1.67. The average molecular weight is 236 g/mol. The number of hydrogen-bond donors (Lipinski definition) is 0. The van der Waals surface area contributed by atoms with Crippen LogP contribution < -0.4 is 0 Å². The maximum Gasteiger partial charge on any atom is 0.353 e. The Balaban J connectivity index is 3.84. The molecule has 0 spiro atoms. The van der Waals surface area contributed by atoms with Gasteiger partial charge < -0.3 is 13.8 Å². The predicted octanol–water partition coefficient (Wildman–Crippen LogP) is 3.05. The second-order valence-corrected chi connectivity index (χ2v) is 5.81. The Labute approximate surface area is 92.1 Å². The summed E-state index contributed by atoms with van der Waals surface area (Å²) in [5, 5.41) is 0. The van der Waals surface area contributed by atoms with Gasteiger partial charge in [0.15, 0.2) is 0 Å². The Morgan fingerprint density at radius 3 is 2.33 bits per heavy atom. The van der Waals surface area contributed by atoms with E-state index in [-0.39, 0.29) is 12.7 Å². The first-order valence-corrected chi connectivity index (χ1v) is 6.60. The fourth-order valence-electron chi connectivity index (χ4n) is 0.794. The summed E-state index contributed by atoms with van der Waals surface area (Å²) >= 11 is 0. The maximum absolute atomic E-state index is 11.6. The molecule has 0 N–H and O–H groups in total. The molecule has 0 aromatic heterocycles. The highest BCUT2D eigenvalue weighted by atomic mass is 31.2. The Morgan fingerprint density at radius 1 is 1.33 bits per heavy atom. The van der Waals surface area contributed by atoms with E-state index in [0.29, 0.717) is 12.5 Å². The van der Waals surface area contributed by atoms with Gasteiger partial charge in [0, 0.05) is 19.5 Å². The van der Waals surface area contributed by atoms with Crippen LogP contribution in [0.5, 0.6) is 0 Å². The molecule has 0 aromatic carbocycles. The standard InChI is InChI=1S/C10H21O4P/c1-6-15(11,12-5)14-8-10(4)13-7-9(2)3/h6,9-10H,1,7-8H2,2-5H3/t10-,15?/m1/s1. The van der Waals surface area contributed by atoms with Crippen LogP contribution in [0.2, 0.25) is 0 Å². The van der Waals surface area contributed by atoms with E-state index in [1.165, 1.54) is 12.9 Å². The van der Waals surface area contributed by atoms with Crippen LogP contribution in [-0.4, -0.2) is 26.4 Å². The van der Waals surface area contributed by atoms with Crippen LogP contribution in [-0.2, 0) is 18.3 Å². The lowest BCUT2D eigenvalue weighted by atomic mass is 10.2. The van der Waals surface area contributed by atoms with Crippen molar-refractivity contribution < 1.29 is 18.3 Å². The van der Waals surface area contributed by atoms with Gasteiger partial charge in [0.05, 0.1) is 12.7 Å². The minimum atomic E-state index is -3.10. The van der Waals surface area contributed by atoms with E-state index in [1.54, 1.807) is 0 Å². The van der Waals surface area contributed by atoms with Crippen molar-refractivity contribution in [2.24, 2.45) is 5.92 Å². The smallest absolute Gasteiger partial charge is 0.353 e. The molecule has 0 rings (SSSR count). The Bertz CT molecular complexity index is 227. The SMILES string of the molecule is C=CP(=O)(OC)OC[C@@H](C)OCC(C)C. The van der Waals surface area contributed by atoms with Gasteiger partial charge >= 0.3 is 7.60 Å². The first-order valence-electron chi connectivity index (χ1n) is 4.98. The molecular weight excluding hydrogens is 215 g/mol. The van der Waals surface area contributed by atoms with Gasteiger partial charge in [-0.1, -0.05) is 20.4 Å². The molecule has 90 valence electrons. The normalized spacial score (nSPS) is 17.4. The zero-order chi connectivity index (χ0) is 11.9. The maximum atomic E-state index is 11.6. The van der Waals surface area contributed by atoms with E-state index in [1.807, 2.05) is 6.92 Å². The van der Waals surface area contributed by atoms with Crippen molar-refractivity contribution in [3.63, 3.8) is 0 Å². The van der Waals surface area contributed by atoms with Gasteiger partial charge in [0.1, 0.15) is 0 Å². The van der Waals surface area contributed by atoms with Gasteiger partial charge in [-0.05, 0) is 12.8 Å². The molecule has 0 radical (unpaired) electrons. The van der Waals surface area contributed by atoms with Crippen LogP contribution in [0.4, 0.5) is 0 Å². The summed E-state index contributed by atoms with van der Waals surface area (Å²) in [7, 11) is -1.76. The third kappa shape index (κ3) is 6.85. The van der Waals surface area contributed by atoms with Gasteiger partial charge in [-0.2, -0.15) is 0 Å². The summed E-state index contributed by atoms with van der Waals surface area (Å²) in [6.07, 6.45) is -0.101. The molecule has 0 aliphatic heterocycles. The molecule has 0 aliphatic rings. The van der Waals surface area contributed by atoms with Gasteiger partial charge in [-0.15, -0.1) is 0 Å². The molecule has 15 heavy (non-hydrogen) atoms. The van der Waals surface area contributed by atoms with Crippen molar-refractivity contribution in [2.75, 3.05) is 20.3 Å². The lowest BCUT2D eigenvalue weighted by Crippen LogP contribution is -2.18. The Hall–Kier alpha value is -0.150. The second-order valence-electron chi connectivity index (χ2n) is 3.74. The molecule has 0 heterocycles. The average Bonchev–Trinajstić information content (AvgIpc) is 2.23.